The summed E-state index contributed by atoms with van der Waals surface area (Å²) in [6, 6.07) is 0. The van der Waals surface area contributed by atoms with Gasteiger partial charge in [-0.25, -0.2) is 4.79 Å². The largest absolute Gasteiger partial charge is 0.478 e. The minimum atomic E-state index is -4.67. The predicted molar refractivity (Wildman–Crippen MR) is 51.7 cm³/mol. The van der Waals surface area contributed by atoms with Crippen molar-refractivity contribution in [2.75, 3.05) is 0 Å². The fraction of sp³-hybridized carbons (Fsp3) is 0.250. The molecule has 0 amide bonds. The third kappa shape index (κ3) is 124. The third-order valence-corrected chi connectivity index (χ3v) is 0.365. The van der Waals surface area contributed by atoms with E-state index in [-0.39, 0.29) is 24.0 Å². The SMILES string of the molecule is C=C(C)C(=O)O.N.N.N.O=S(=O)(O)O. The van der Waals surface area contributed by atoms with Gasteiger partial charge in [-0.15, -0.1) is 0 Å². The van der Waals surface area contributed by atoms with Crippen LogP contribution >= 0.6 is 0 Å². The van der Waals surface area contributed by atoms with Crippen LogP contribution < -0.4 is 18.5 Å². The van der Waals surface area contributed by atoms with E-state index < -0.39 is 16.4 Å². The Morgan fingerprint density at radius 3 is 1.21 bits per heavy atom. The Hall–Kier alpha value is -1.04. The topological polar surface area (TPSA) is 217 Å². The van der Waals surface area contributed by atoms with Crippen LogP contribution in [0.25, 0.3) is 0 Å². The Labute approximate surface area is 82.1 Å². The Morgan fingerprint density at radius 1 is 1.14 bits per heavy atom. The highest BCUT2D eigenvalue weighted by atomic mass is 32.3. The number of carboxylic acid groups (broad SMARTS) is 1. The first kappa shape index (κ1) is 29.3. The van der Waals surface area contributed by atoms with E-state index in [9.17, 15) is 4.79 Å². The van der Waals surface area contributed by atoms with E-state index >= 15 is 0 Å². The molecule has 0 aliphatic rings. The van der Waals surface area contributed by atoms with Crippen molar-refractivity contribution in [1.29, 1.82) is 0 Å². The zero-order valence-electron chi connectivity index (χ0n) is 7.80. The smallest absolute Gasteiger partial charge is 0.394 e. The molecule has 0 bridgehead atoms. The van der Waals surface area contributed by atoms with Gasteiger partial charge in [0.25, 0.3) is 0 Å². The molecule has 0 rings (SSSR count). The summed E-state index contributed by atoms with van der Waals surface area (Å²) in [5, 5.41) is 7.89. The lowest BCUT2D eigenvalue weighted by Gasteiger charge is -1.79. The van der Waals surface area contributed by atoms with Crippen LogP contribution in [0.1, 0.15) is 6.92 Å². The van der Waals surface area contributed by atoms with Gasteiger partial charge in [0.1, 0.15) is 0 Å². The number of hydrogen-bond donors (Lipinski definition) is 6. The maximum atomic E-state index is 9.60. The number of aliphatic carboxylic acids is 1. The number of hydrogen-bond acceptors (Lipinski definition) is 6. The minimum Gasteiger partial charge on any atom is -0.478 e. The van der Waals surface area contributed by atoms with Gasteiger partial charge in [0, 0.05) is 5.57 Å². The Balaban J connectivity index is -0.0000000321. The van der Waals surface area contributed by atoms with E-state index in [4.69, 9.17) is 22.6 Å². The van der Waals surface area contributed by atoms with Crippen LogP contribution in [0.4, 0.5) is 0 Å². The highest BCUT2D eigenvalue weighted by molar-refractivity contribution is 7.79. The first-order valence-electron chi connectivity index (χ1n) is 2.23. The van der Waals surface area contributed by atoms with Crippen LogP contribution in [-0.2, 0) is 15.2 Å². The van der Waals surface area contributed by atoms with Crippen LogP contribution in [0.3, 0.4) is 0 Å². The molecule has 0 unspecified atom stereocenters. The molecule has 0 atom stereocenters. The first-order chi connectivity index (χ1) is 4.64. The Morgan fingerprint density at radius 2 is 1.21 bits per heavy atom. The van der Waals surface area contributed by atoms with Gasteiger partial charge < -0.3 is 23.6 Å². The Kier molecular flexibility index (Phi) is 25.0. The molecule has 10 heteroatoms. The number of rotatable bonds is 1. The summed E-state index contributed by atoms with van der Waals surface area (Å²) in [6.45, 7) is 4.60. The van der Waals surface area contributed by atoms with Crippen LogP contribution in [0.2, 0.25) is 0 Å². The zero-order valence-corrected chi connectivity index (χ0v) is 8.62. The van der Waals surface area contributed by atoms with Crippen molar-refractivity contribution in [2.45, 2.75) is 6.92 Å². The molecule has 0 aliphatic heterocycles. The van der Waals surface area contributed by atoms with E-state index in [2.05, 4.69) is 6.58 Å². The summed E-state index contributed by atoms with van der Waals surface area (Å²) in [6.07, 6.45) is 0. The maximum absolute atomic E-state index is 9.60. The zero-order chi connectivity index (χ0) is 9.65. The summed E-state index contributed by atoms with van der Waals surface area (Å²) in [5.74, 6) is -0.935. The van der Waals surface area contributed by atoms with Crippen LogP contribution in [-0.4, -0.2) is 28.6 Å². The van der Waals surface area contributed by atoms with Gasteiger partial charge in [-0.05, 0) is 6.92 Å². The highest BCUT2D eigenvalue weighted by Crippen LogP contribution is 1.81. The molecule has 90 valence electrons. The molecule has 14 heavy (non-hydrogen) atoms. The molecule has 0 aliphatic carbocycles. The molecule has 0 aromatic heterocycles. The molecule has 0 saturated heterocycles. The van der Waals surface area contributed by atoms with E-state index in [1.54, 1.807) is 0 Å². The average Bonchev–Trinajstić information content (AvgIpc) is 1.59. The summed E-state index contributed by atoms with van der Waals surface area (Å²) < 4.78 is 31.6. The van der Waals surface area contributed by atoms with Crippen LogP contribution in [0, 0.1) is 0 Å². The molecule has 0 fully saturated rings. The second kappa shape index (κ2) is 12.0. The van der Waals surface area contributed by atoms with Gasteiger partial charge >= 0.3 is 16.4 Å². The molecule has 0 saturated carbocycles. The summed E-state index contributed by atoms with van der Waals surface area (Å²) in [7, 11) is -4.67. The monoisotopic (exact) mass is 235 g/mol. The van der Waals surface area contributed by atoms with Crippen molar-refractivity contribution in [3.8, 4) is 0 Å². The molecule has 0 aromatic carbocycles. The summed E-state index contributed by atoms with van der Waals surface area (Å²) in [4.78, 5) is 9.60. The molecule has 0 spiro atoms. The van der Waals surface area contributed by atoms with Gasteiger partial charge in [-0.3, -0.25) is 9.11 Å². The highest BCUT2D eigenvalue weighted by Gasteiger charge is 1.90. The van der Waals surface area contributed by atoms with Crippen molar-refractivity contribution in [2.24, 2.45) is 0 Å². The molecule has 12 N–H and O–H groups in total. The van der Waals surface area contributed by atoms with Crippen molar-refractivity contribution >= 4 is 16.4 Å². The predicted octanol–water partition coefficient (Wildman–Crippen LogP) is 0.480. The molecule has 0 heterocycles. The van der Waals surface area contributed by atoms with E-state index in [1.807, 2.05) is 0 Å². The second-order valence-electron chi connectivity index (χ2n) is 1.53. The fourth-order valence-electron chi connectivity index (χ4n) is 0. The lowest BCUT2D eigenvalue weighted by atomic mass is 10.4. The van der Waals surface area contributed by atoms with Gasteiger partial charge in [-0.2, -0.15) is 8.42 Å². The summed E-state index contributed by atoms with van der Waals surface area (Å²) >= 11 is 0. The molecule has 9 nitrogen and oxygen atoms in total. The second-order valence-corrected chi connectivity index (χ2v) is 2.43. The lowest BCUT2D eigenvalue weighted by Crippen LogP contribution is -1.92. The van der Waals surface area contributed by atoms with Crippen molar-refractivity contribution < 1.29 is 27.4 Å². The normalized spacial score (nSPS) is 7.36. The van der Waals surface area contributed by atoms with E-state index in [1.165, 1.54) is 6.92 Å². The Bertz CT molecular complexity index is 228. The molecule has 0 radical (unpaired) electrons. The van der Waals surface area contributed by atoms with Gasteiger partial charge in [0.05, 0.1) is 0 Å². The lowest BCUT2D eigenvalue weighted by molar-refractivity contribution is -0.132. The van der Waals surface area contributed by atoms with Crippen molar-refractivity contribution in [1.82, 2.24) is 18.5 Å². The molecular weight excluding hydrogens is 218 g/mol. The van der Waals surface area contributed by atoms with Crippen molar-refractivity contribution in [3.05, 3.63) is 12.2 Å². The van der Waals surface area contributed by atoms with Crippen molar-refractivity contribution in [3.63, 3.8) is 0 Å². The maximum Gasteiger partial charge on any atom is 0.394 e. The van der Waals surface area contributed by atoms with E-state index in [0.717, 1.165) is 0 Å². The quantitative estimate of drug-likeness (QED) is 0.274. The fourth-order valence-corrected chi connectivity index (χ4v) is 0. The summed E-state index contributed by atoms with van der Waals surface area (Å²) in [5.41, 5.74) is 0.176. The third-order valence-electron chi connectivity index (χ3n) is 0.365. The van der Waals surface area contributed by atoms with Crippen LogP contribution in [0.5, 0.6) is 0 Å². The molecule has 0 aromatic rings. The van der Waals surface area contributed by atoms with Gasteiger partial charge in [-0.1, -0.05) is 6.58 Å². The average molecular weight is 235 g/mol. The van der Waals surface area contributed by atoms with Gasteiger partial charge in [0.15, 0.2) is 0 Å². The standard InChI is InChI=1S/C4H6O2.3H3N.H2O4S/c1-3(2)4(5)6;;;;1-5(2,3)4/h1H2,2H3,(H,5,6);3*1H3;(H2,1,2,3,4). The van der Waals surface area contributed by atoms with Gasteiger partial charge in [0.2, 0.25) is 0 Å². The number of carboxylic acids is 1. The van der Waals surface area contributed by atoms with Crippen LogP contribution in [0.15, 0.2) is 12.2 Å². The minimum absolute atomic E-state index is 0. The number of carbonyl (C=O) groups is 1. The van der Waals surface area contributed by atoms with E-state index in [0.29, 0.717) is 0 Å². The molecular formula is C4H17N3O6S. The first-order valence-corrected chi connectivity index (χ1v) is 3.63.